The van der Waals surface area contributed by atoms with Crippen LogP contribution in [-0.2, 0) is 38.2 Å². The number of primary amides is 2. The number of carbonyl (C=O) groups is 6. The van der Waals surface area contributed by atoms with Gasteiger partial charge in [0.25, 0.3) is 11.8 Å². The molecule has 2 atom stereocenters. The predicted molar refractivity (Wildman–Crippen MR) is 155 cm³/mol. The lowest BCUT2D eigenvalue weighted by Crippen LogP contribution is -2.40. The van der Waals surface area contributed by atoms with E-state index in [1.807, 2.05) is 11.0 Å². The zero-order valence-corrected chi connectivity index (χ0v) is 25.7. The summed E-state index contributed by atoms with van der Waals surface area (Å²) in [5.41, 5.74) is 14.5. The number of nitrogens with two attached hydrogens (primary N) is 2. The van der Waals surface area contributed by atoms with Gasteiger partial charge in [-0.1, -0.05) is 0 Å². The van der Waals surface area contributed by atoms with E-state index in [1.165, 1.54) is 55.8 Å². The highest BCUT2D eigenvalue weighted by Gasteiger charge is 2.47. The first-order valence-corrected chi connectivity index (χ1v) is 15.4. The van der Waals surface area contributed by atoms with Crippen LogP contribution in [0.2, 0.25) is 0 Å². The van der Waals surface area contributed by atoms with Crippen molar-refractivity contribution < 1.29 is 55.4 Å². The molecular formula is C24H26N12O12S. The largest absolute Gasteiger partial charge is 0.442 e. The number of hydrogen-bond acceptors (Lipinski definition) is 14. The van der Waals surface area contributed by atoms with Crippen molar-refractivity contribution in [3.8, 4) is 0 Å². The van der Waals surface area contributed by atoms with Crippen molar-refractivity contribution in [3.05, 3.63) is 48.1 Å². The van der Waals surface area contributed by atoms with Gasteiger partial charge in [0.1, 0.15) is 12.1 Å². The summed E-state index contributed by atoms with van der Waals surface area (Å²) in [5, 5.41) is 9.39. The van der Waals surface area contributed by atoms with Crippen molar-refractivity contribution in [3.63, 3.8) is 0 Å². The predicted octanol–water partition coefficient (Wildman–Crippen LogP) is -3.90. The molecule has 2 fully saturated rings. The molecule has 0 aromatic carbocycles. The fraction of sp³-hybridized carbons (Fsp3) is 0.333. The Hall–Kier alpha value is -5.89. The lowest BCUT2D eigenvalue weighted by atomic mass is 10.2. The Balaban J connectivity index is 1.09. The number of nitrogens with zero attached hydrogens (tertiary/aromatic N) is 8. The fourth-order valence-electron chi connectivity index (χ4n) is 5.11. The number of amides is 8. The number of hydrogen-bond donors (Lipinski definition) is 4. The number of fused-ring (bicyclic) bond motifs is 4. The Morgan fingerprint density at radius 3 is 1.55 bits per heavy atom. The molecule has 4 aliphatic heterocycles. The average Bonchev–Trinajstić information content (AvgIpc) is 3.83. The van der Waals surface area contributed by atoms with Crippen LogP contribution in [0.5, 0.6) is 0 Å². The molecule has 49 heavy (non-hydrogen) atoms. The standard InChI is InChI=1S/C24H26N12O12S/c25-19(37)11-45-29-21(39)17-1-3-33(27-17)13-5-15-9-31(7-13)23(41)35(15)47-49(43,44)48-36-16-6-14(8-32(10-16)24(36)42)34-4-2-18(28-34)22(40)30-46-12-20(26)38/h1-6,15-16H,7-12H2,(H2,25,37)(H2,26,38)(H,29,39)(H,30,40). The first-order valence-electron chi connectivity index (χ1n) is 14.0. The molecular weight excluding hydrogens is 680 g/mol. The molecule has 0 spiro atoms. The summed E-state index contributed by atoms with van der Waals surface area (Å²) >= 11 is 0. The highest BCUT2D eigenvalue weighted by molar-refractivity contribution is 7.81. The number of nitrogens with one attached hydrogen (secondary N) is 2. The molecule has 6 rings (SSSR count). The summed E-state index contributed by atoms with van der Waals surface area (Å²) in [7, 11) is -5.05. The van der Waals surface area contributed by atoms with Crippen molar-refractivity contribution in [2.45, 2.75) is 12.1 Å². The SMILES string of the molecule is NC(=O)CONC(=O)c1ccn(C2=CC3CN(C2)C(=O)N3OS(=O)(=O)ON2C(=O)N3CC(n4ccc(C(=O)NOCC(N)=O)n4)=CC2C3)n1. The molecule has 260 valence electrons. The third-order valence-electron chi connectivity index (χ3n) is 7.14. The summed E-state index contributed by atoms with van der Waals surface area (Å²) < 4.78 is 38.7. The summed E-state index contributed by atoms with van der Waals surface area (Å²) in [5.74, 6) is -3.14. The summed E-state index contributed by atoms with van der Waals surface area (Å²) in [6.45, 7) is -1.03. The van der Waals surface area contributed by atoms with E-state index in [-0.39, 0.29) is 37.6 Å². The third-order valence-corrected chi connectivity index (χ3v) is 7.83. The van der Waals surface area contributed by atoms with Crippen molar-refractivity contribution in [1.82, 2.24) is 50.4 Å². The number of rotatable bonds is 14. The lowest BCUT2D eigenvalue weighted by molar-refractivity contribution is -0.125. The van der Waals surface area contributed by atoms with Crippen LogP contribution in [0.3, 0.4) is 0 Å². The van der Waals surface area contributed by atoms with Gasteiger partial charge >= 0.3 is 22.5 Å². The van der Waals surface area contributed by atoms with Gasteiger partial charge in [0, 0.05) is 25.5 Å². The van der Waals surface area contributed by atoms with Crippen molar-refractivity contribution in [1.29, 1.82) is 0 Å². The molecule has 2 aromatic heterocycles. The van der Waals surface area contributed by atoms with Gasteiger partial charge in [0.15, 0.2) is 24.6 Å². The maximum atomic E-state index is 13.0. The minimum atomic E-state index is -5.05. The van der Waals surface area contributed by atoms with Gasteiger partial charge in [-0.05, 0) is 24.3 Å². The van der Waals surface area contributed by atoms with Crippen LogP contribution < -0.4 is 22.4 Å². The Labute approximate surface area is 274 Å². The van der Waals surface area contributed by atoms with Crippen molar-refractivity contribution >= 4 is 57.5 Å². The van der Waals surface area contributed by atoms with Gasteiger partial charge in [-0.25, -0.2) is 29.9 Å². The minimum Gasteiger partial charge on any atom is -0.368 e. The zero-order valence-electron chi connectivity index (χ0n) is 24.9. The minimum absolute atomic E-state index is 0.0244. The molecule has 0 saturated carbocycles. The van der Waals surface area contributed by atoms with Crippen molar-refractivity contribution in [2.75, 3.05) is 39.4 Å². The summed E-state index contributed by atoms with van der Waals surface area (Å²) in [6.07, 6.45) is 5.85. The van der Waals surface area contributed by atoms with Crippen LogP contribution in [0, 0.1) is 0 Å². The van der Waals surface area contributed by atoms with Crippen LogP contribution in [0.4, 0.5) is 9.59 Å². The summed E-state index contributed by atoms with van der Waals surface area (Å²) in [6, 6.07) is -0.796. The smallest absolute Gasteiger partial charge is 0.368 e. The Kier molecular flexibility index (Phi) is 8.73. The second-order valence-corrected chi connectivity index (χ2v) is 11.8. The van der Waals surface area contributed by atoms with Crippen molar-refractivity contribution in [2.24, 2.45) is 11.5 Å². The van der Waals surface area contributed by atoms with Gasteiger partial charge < -0.3 is 21.3 Å². The molecule has 6 N–H and O–H groups in total. The molecule has 8 amide bonds. The van der Waals surface area contributed by atoms with Crippen LogP contribution >= 0.6 is 0 Å². The van der Waals surface area contributed by atoms with Crippen LogP contribution in [-0.4, -0.2) is 135 Å². The Bertz CT molecular complexity index is 1780. The van der Waals surface area contributed by atoms with Gasteiger partial charge in [-0.15, -0.1) is 8.57 Å². The van der Waals surface area contributed by atoms with Gasteiger partial charge in [-0.2, -0.15) is 28.7 Å². The molecule has 24 nitrogen and oxygen atoms in total. The highest BCUT2D eigenvalue weighted by atomic mass is 32.3. The molecule has 0 aliphatic carbocycles. The van der Waals surface area contributed by atoms with E-state index in [1.54, 1.807) is 0 Å². The maximum absolute atomic E-state index is 13.0. The van der Waals surface area contributed by atoms with E-state index in [4.69, 9.17) is 20.0 Å². The van der Waals surface area contributed by atoms with E-state index in [2.05, 4.69) is 19.9 Å². The first kappa shape index (κ1) is 33.0. The van der Waals surface area contributed by atoms with Gasteiger partial charge in [0.05, 0.1) is 24.5 Å². The topological polar surface area (TPSA) is 298 Å². The molecule has 0 radical (unpaired) electrons. The maximum Gasteiger partial charge on any atom is 0.442 e. The van der Waals surface area contributed by atoms with E-state index in [0.717, 1.165) is 0 Å². The van der Waals surface area contributed by atoms with E-state index >= 15 is 0 Å². The second kappa shape index (κ2) is 13.0. The molecule has 2 unspecified atom stereocenters. The summed E-state index contributed by atoms with van der Waals surface area (Å²) in [4.78, 5) is 83.8. The monoisotopic (exact) mass is 706 g/mol. The molecule has 6 heterocycles. The first-order chi connectivity index (χ1) is 23.3. The molecule has 2 aromatic rings. The average molecular weight is 707 g/mol. The normalized spacial score (nSPS) is 20.0. The van der Waals surface area contributed by atoms with E-state index < -0.39 is 71.4 Å². The van der Waals surface area contributed by atoms with E-state index in [0.29, 0.717) is 21.5 Å². The highest BCUT2D eigenvalue weighted by Crippen LogP contribution is 2.30. The molecule has 4 bridgehead atoms. The Morgan fingerprint density at radius 2 is 1.16 bits per heavy atom. The molecule has 25 heteroatoms. The Morgan fingerprint density at radius 1 is 0.755 bits per heavy atom. The molecule has 2 saturated heterocycles. The fourth-order valence-corrected chi connectivity index (χ4v) is 5.88. The van der Waals surface area contributed by atoms with E-state index in [9.17, 15) is 37.2 Å². The van der Waals surface area contributed by atoms with Gasteiger partial charge in [0.2, 0.25) is 11.8 Å². The lowest BCUT2D eigenvalue weighted by Gasteiger charge is -2.22. The van der Waals surface area contributed by atoms with Crippen LogP contribution in [0.15, 0.2) is 36.7 Å². The van der Waals surface area contributed by atoms with Gasteiger partial charge in [-0.3, -0.25) is 28.9 Å². The zero-order chi connectivity index (χ0) is 35.0. The van der Waals surface area contributed by atoms with Crippen LogP contribution in [0.25, 0.3) is 11.4 Å². The van der Waals surface area contributed by atoms with Crippen LogP contribution in [0.1, 0.15) is 21.0 Å². The quantitative estimate of drug-likeness (QED) is 0.137. The number of carbonyl (C=O) groups excluding carboxylic acids is 6. The number of aromatic nitrogens is 4. The molecule has 4 aliphatic rings. The third kappa shape index (κ3) is 7.04. The second-order valence-electron chi connectivity index (χ2n) is 10.6. The number of urea groups is 2. The number of hydroxylamine groups is 6.